The molecule has 1 aromatic rings. The number of nitrogens with zero attached hydrogens (tertiary/aromatic N) is 2. The van der Waals surface area contributed by atoms with Crippen LogP contribution in [0, 0.1) is 0 Å². The third-order valence-electron chi connectivity index (χ3n) is 4.53. The van der Waals surface area contributed by atoms with Crippen molar-refractivity contribution in [2.75, 3.05) is 32.1 Å². The number of hydrogen-bond acceptors (Lipinski definition) is 2. The van der Waals surface area contributed by atoms with E-state index in [9.17, 15) is 13.2 Å². The predicted molar refractivity (Wildman–Crippen MR) is 79.8 cm³/mol. The summed E-state index contributed by atoms with van der Waals surface area (Å²) in [7, 11) is 4.14. The maximum atomic E-state index is 12.7. The van der Waals surface area contributed by atoms with Gasteiger partial charge >= 0.3 is 6.18 Å². The topological polar surface area (TPSA) is 6.48 Å². The van der Waals surface area contributed by atoms with E-state index >= 15 is 0 Å². The molecule has 0 bridgehead atoms. The van der Waals surface area contributed by atoms with Gasteiger partial charge in [0.25, 0.3) is 0 Å². The van der Waals surface area contributed by atoms with E-state index in [-0.39, 0.29) is 0 Å². The van der Waals surface area contributed by atoms with Crippen LogP contribution in [0.15, 0.2) is 24.3 Å². The van der Waals surface area contributed by atoms with Gasteiger partial charge < -0.3 is 9.80 Å². The predicted octanol–water partition coefficient (Wildman–Crippen LogP) is 3.88. The van der Waals surface area contributed by atoms with Gasteiger partial charge in [-0.1, -0.05) is 12.1 Å². The largest absolute Gasteiger partial charge is 0.395 e. The molecule has 0 spiro atoms. The minimum atomic E-state index is -4.18. The fourth-order valence-electron chi connectivity index (χ4n) is 2.78. The number of anilines is 1. The molecule has 1 aliphatic rings. The fourth-order valence-corrected chi connectivity index (χ4v) is 2.78. The van der Waals surface area contributed by atoms with Crippen LogP contribution in [-0.4, -0.2) is 44.3 Å². The van der Waals surface area contributed by atoms with Crippen LogP contribution >= 0.6 is 0 Å². The Hall–Kier alpha value is -1.23. The van der Waals surface area contributed by atoms with Crippen LogP contribution in [0.3, 0.4) is 0 Å². The number of hydrogen-bond donors (Lipinski definition) is 0. The third-order valence-corrected chi connectivity index (χ3v) is 4.53. The van der Waals surface area contributed by atoms with Gasteiger partial charge in [0.15, 0.2) is 0 Å². The summed E-state index contributed by atoms with van der Waals surface area (Å²) >= 11 is 0. The van der Waals surface area contributed by atoms with E-state index in [1.165, 1.54) is 6.92 Å². The van der Waals surface area contributed by atoms with Gasteiger partial charge in [0.1, 0.15) is 0 Å². The molecule has 0 saturated carbocycles. The number of alkyl halides is 3. The molecule has 0 aromatic heterocycles. The molecule has 2 rings (SSSR count). The molecule has 1 unspecified atom stereocenters. The summed E-state index contributed by atoms with van der Waals surface area (Å²) in [5.41, 5.74) is 1.31. The number of piperidine rings is 1. The molecule has 5 heteroatoms. The second-order valence-corrected chi connectivity index (χ2v) is 6.00. The molecule has 1 saturated heterocycles. The highest BCUT2D eigenvalue weighted by Crippen LogP contribution is 2.35. The lowest BCUT2D eigenvalue weighted by Crippen LogP contribution is -2.41. The molecule has 0 N–H and O–H groups in total. The van der Waals surface area contributed by atoms with Gasteiger partial charge in [0.05, 0.1) is 5.92 Å². The summed E-state index contributed by atoms with van der Waals surface area (Å²) in [6.45, 7) is 3.34. The normalized spacial score (nSPS) is 19.5. The maximum absolute atomic E-state index is 12.7. The van der Waals surface area contributed by atoms with Gasteiger partial charge in [-0.15, -0.1) is 0 Å². The smallest absolute Gasteiger partial charge is 0.372 e. The van der Waals surface area contributed by atoms with E-state index in [1.807, 2.05) is 7.05 Å². The SMILES string of the molecule is CC(c1ccc(N(C)C2CCN(C)CC2)cc1)C(F)(F)F. The van der Waals surface area contributed by atoms with E-state index in [0.717, 1.165) is 31.6 Å². The number of benzene rings is 1. The summed E-state index contributed by atoms with van der Waals surface area (Å²) in [6.07, 6.45) is -2.00. The Morgan fingerprint density at radius 2 is 1.67 bits per heavy atom. The Labute approximate surface area is 124 Å². The molecular weight excluding hydrogens is 277 g/mol. The zero-order valence-electron chi connectivity index (χ0n) is 12.8. The highest BCUT2D eigenvalue weighted by molar-refractivity contribution is 5.48. The van der Waals surface area contributed by atoms with Crippen molar-refractivity contribution in [2.45, 2.75) is 37.9 Å². The van der Waals surface area contributed by atoms with Crippen molar-refractivity contribution in [3.8, 4) is 0 Å². The van der Waals surface area contributed by atoms with Crippen LogP contribution in [-0.2, 0) is 0 Å². The summed E-state index contributed by atoms with van der Waals surface area (Å²) in [5, 5.41) is 0. The van der Waals surface area contributed by atoms with Crippen molar-refractivity contribution in [1.29, 1.82) is 0 Å². The van der Waals surface area contributed by atoms with Crippen molar-refractivity contribution in [1.82, 2.24) is 4.90 Å². The second-order valence-electron chi connectivity index (χ2n) is 6.00. The monoisotopic (exact) mass is 300 g/mol. The quantitative estimate of drug-likeness (QED) is 0.836. The molecule has 118 valence electrons. The highest BCUT2D eigenvalue weighted by atomic mass is 19.4. The molecule has 1 fully saturated rings. The molecule has 2 nitrogen and oxygen atoms in total. The molecule has 0 aliphatic carbocycles. The van der Waals surface area contributed by atoms with Crippen LogP contribution in [0.4, 0.5) is 18.9 Å². The molecule has 21 heavy (non-hydrogen) atoms. The summed E-state index contributed by atoms with van der Waals surface area (Å²) in [4.78, 5) is 4.49. The average Bonchev–Trinajstić information content (AvgIpc) is 2.46. The molecule has 1 aliphatic heterocycles. The Morgan fingerprint density at radius 3 is 2.14 bits per heavy atom. The molecule has 0 amide bonds. The Balaban J connectivity index is 2.05. The lowest BCUT2D eigenvalue weighted by atomic mass is 9.99. The number of halogens is 3. The first-order chi connectivity index (χ1) is 9.79. The zero-order chi connectivity index (χ0) is 15.6. The first kappa shape index (κ1) is 16.1. The fraction of sp³-hybridized carbons (Fsp3) is 0.625. The van der Waals surface area contributed by atoms with E-state index in [2.05, 4.69) is 16.8 Å². The van der Waals surface area contributed by atoms with Gasteiger partial charge in [-0.2, -0.15) is 13.2 Å². The lowest BCUT2D eigenvalue weighted by molar-refractivity contribution is -0.146. The minimum absolute atomic E-state index is 0.322. The van der Waals surface area contributed by atoms with Crippen LogP contribution in [0.2, 0.25) is 0 Å². The second kappa shape index (κ2) is 6.26. The van der Waals surface area contributed by atoms with Crippen molar-refractivity contribution in [3.63, 3.8) is 0 Å². The van der Waals surface area contributed by atoms with Gasteiger partial charge in [-0.05, 0) is 57.6 Å². The number of rotatable bonds is 3. The summed E-state index contributed by atoms with van der Waals surface area (Å²) in [6, 6.07) is 7.26. The minimum Gasteiger partial charge on any atom is -0.372 e. The summed E-state index contributed by atoms with van der Waals surface area (Å²) in [5.74, 6) is -1.42. The van der Waals surface area contributed by atoms with Crippen molar-refractivity contribution in [2.24, 2.45) is 0 Å². The van der Waals surface area contributed by atoms with Crippen LogP contribution in [0.1, 0.15) is 31.2 Å². The molecular formula is C16H23F3N2. The van der Waals surface area contributed by atoms with Crippen LogP contribution < -0.4 is 4.90 Å². The van der Waals surface area contributed by atoms with Crippen molar-refractivity contribution in [3.05, 3.63) is 29.8 Å². The van der Waals surface area contributed by atoms with Gasteiger partial charge in [-0.3, -0.25) is 0 Å². The maximum Gasteiger partial charge on any atom is 0.395 e. The van der Waals surface area contributed by atoms with Gasteiger partial charge in [0.2, 0.25) is 0 Å². The summed E-state index contributed by atoms with van der Waals surface area (Å²) < 4.78 is 38.1. The van der Waals surface area contributed by atoms with E-state index in [4.69, 9.17) is 0 Å². The van der Waals surface area contributed by atoms with Crippen LogP contribution in [0.25, 0.3) is 0 Å². The first-order valence-electron chi connectivity index (χ1n) is 7.37. The third kappa shape index (κ3) is 3.90. The molecule has 0 radical (unpaired) electrons. The first-order valence-corrected chi connectivity index (χ1v) is 7.37. The average molecular weight is 300 g/mol. The zero-order valence-corrected chi connectivity index (χ0v) is 12.8. The lowest BCUT2D eigenvalue weighted by Gasteiger charge is -2.36. The Bertz CT molecular complexity index is 448. The Morgan fingerprint density at radius 1 is 1.14 bits per heavy atom. The number of likely N-dealkylation sites (tertiary alicyclic amines) is 1. The highest BCUT2D eigenvalue weighted by Gasteiger charge is 2.36. The van der Waals surface area contributed by atoms with E-state index in [0.29, 0.717) is 11.6 Å². The van der Waals surface area contributed by atoms with Crippen molar-refractivity contribution >= 4 is 5.69 Å². The molecule has 1 heterocycles. The van der Waals surface area contributed by atoms with Crippen molar-refractivity contribution < 1.29 is 13.2 Å². The molecule has 1 atom stereocenters. The van der Waals surface area contributed by atoms with Gasteiger partial charge in [-0.25, -0.2) is 0 Å². The Kier molecular flexibility index (Phi) is 4.81. The van der Waals surface area contributed by atoms with E-state index < -0.39 is 12.1 Å². The van der Waals surface area contributed by atoms with Crippen LogP contribution in [0.5, 0.6) is 0 Å². The molecule has 1 aromatic carbocycles. The van der Waals surface area contributed by atoms with E-state index in [1.54, 1.807) is 24.3 Å². The van der Waals surface area contributed by atoms with Gasteiger partial charge in [0, 0.05) is 18.8 Å². The standard InChI is InChI=1S/C16H23F3N2/c1-12(16(17,18)19)13-4-6-14(7-5-13)21(3)15-8-10-20(2)11-9-15/h4-7,12,15H,8-11H2,1-3H3.